The molecule has 0 radical (unpaired) electrons. The lowest BCUT2D eigenvalue weighted by atomic mass is 9.79. The number of ether oxygens (including phenoxy) is 1. The monoisotopic (exact) mass is 460 g/mol. The zero-order valence-corrected chi connectivity index (χ0v) is 18.2. The van der Waals surface area contributed by atoms with E-state index in [-0.39, 0.29) is 24.0 Å². The van der Waals surface area contributed by atoms with Gasteiger partial charge < -0.3 is 30.7 Å². The third-order valence-corrected chi connectivity index (χ3v) is 6.63. The third kappa shape index (κ3) is 2.88. The molecule has 0 aliphatic carbocycles. The van der Waals surface area contributed by atoms with Crippen molar-refractivity contribution in [1.82, 2.24) is 25.6 Å². The van der Waals surface area contributed by atoms with Gasteiger partial charge in [-0.1, -0.05) is 6.07 Å². The Labute approximate surface area is 193 Å². The van der Waals surface area contributed by atoms with E-state index in [4.69, 9.17) is 4.74 Å². The molecule has 2 aliphatic rings. The first-order valence-electron chi connectivity index (χ1n) is 10.8. The van der Waals surface area contributed by atoms with E-state index < -0.39 is 11.2 Å². The summed E-state index contributed by atoms with van der Waals surface area (Å²) in [6.07, 6.45) is 3.72. The number of halogens is 1. The van der Waals surface area contributed by atoms with Gasteiger partial charge in [-0.3, -0.25) is 9.59 Å². The summed E-state index contributed by atoms with van der Waals surface area (Å²) in [5, 5.41) is 9.93. The van der Waals surface area contributed by atoms with E-state index in [9.17, 15) is 14.0 Å². The number of aromatic nitrogens is 3. The number of fused-ring (bicyclic) bond motifs is 3. The highest BCUT2D eigenvalue weighted by Gasteiger charge is 2.48. The Kier molecular flexibility index (Phi) is 4.38. The standard InChI is InChI=1S/C24H21FN6O3/c1-34-20-14(25)3-2-4-15(20)30-19-17-21(24(11-29-23(17)33)9-16(32)28-10-24)31-18(19)12-5-7-26-22-13(12)6-8-27-22/h2-8,30-31H,9-11H2,1H3,(H,26,27)(H,28,32)(H,29,33). The van der Waals surface area contributed by atoms with Crippen LogP contribution in [0.3, 0.4) is 0 Å². The summed E-state index contributed by atoms with van der Waals surface area (Å²) in [5.41, 5.74) is 3.44. The minimum absolute atomic E-state index is 0.0357. The first-order valence-corrected chi connectivity index (χ1v) is 10.8. The van der Waals surface area contributed by atoms with Gasteiger partial charge in [0.1, 0.15) is 5.65 Å². The average molecular weight is 460 g/mol. The Morgan fingerprint density at radius 1 is 1.15 bits per heavy atom. The van der Waals surface area contributed by atoms with Crippen LogP contribution in [-0.4, -0.2) is 47.0 Å². The van der Waals surface area contributed by atoms with Crippen molar-refractivity contribution in [3.8, 4) is 17.0 Å². The SMILES string of the molecule is COc1c(F)cccc1Nc1c(-c2ccnc3[nH]ccc23)[nH]c2c1C(=O)NCC21CNC(=O)C1. The largest absolute Gasteiger partial charge is 0.492 e. The zero-order chi connectivity index (χ0) is 23.4. The molecule has 3 aromatic heterocycles. The van der Waals surface area contributed by atoms with Crippen LogP contribution in [0.5, 0.6) is 5.75 Å². The molecule has 9 nitrogen and oxygen atoms in total. The van der Waals surface area contributed by atoms with Crippen LogP contribution in [-0.2, 0) is 10.2 Å². The molecule has 1 aromatic carbocycles. The fraction of sp³-hybridized carbons (Fsp3) is 0.208. The fourth-order valence-electron chi connectivity index (χ4n) is 5.01. The number of benzene rings is 1. The second kappa shape index (κ2) is 7.34. The molecular formula is C24H21FN6O3. The van der Waals surface area contributed by atoms with Gasteiger partial charge in [0.15, 0.2) is 11.6 Å². The molecule has 4 aromatic rings. The molecule has 6 rings (SSSR count). The molecule has 1 saturated heterocycles. The van der Waals surface area contributed by atoms with Gasteiger partial charge in [-0.15, -0.1) is 0 Å². The maximum absolute atomic E-state index is 14.5. The fourth-order valence-corrected chi connectivity index (χ4v) is 5.01. The van der Waals surface area contributed by atoms with Crippen LogP contribution >= 0.6 is 0 Å². The molecule has 10 heteroatoms. The van der Waals surface area contributed by atoms with Gasteiger partial charge in [0.25, 0.3) is 5.91 Å². The molecule has 34 heavy (non-hydrogen) atoms. The maximum Gasteiger partial charge on any atom is 0.255 e. The van der Waals surface area contributed by atoms with E-state index in [2.05, 4.69) is 30.9 Å². The van der Waals surface area contributed by atoms with Crippen molar-refractivity contribution in [2.24, 2.45) is 0 Å². The number of carbonyl (C=O) groups excluding carboxylic acids is 2. The van der Waals surface area contributed by atoms with E-state index in [0.717, 1.165) is 10.9 Å². The average Bonchev–Trinajstić information content (AvgIpc) is 3.55. The number of amides is 2. The third-order valence-electron chi connectivity index (χ3n) is 6.63. The summed E-state index contributed by atoms with van der Waals surface area (Å²) in [4.78, 5) is 36.3. The summed E-state index contributed by atoms with van der Waals surface area (Å²) >= 11 is 0. The number of para-hydroxylation sites is 1. The van der Waals surface area contributed by atoms with Gasteiger partial charge in [-0.05, 0) is 24.3 Å². The molecule has 0 bridgehead atoms. The van der Waals surface area contributed by atoms with Crippen molar-refractivity contribution in [2.45, 2.75) is 11.8 Å². The first-order chi connectivity index (χ1) is 16.5. The van der Waals surface area contributed by atoms with Crippen molar-refractivity contribution in [3.05, 3.63) is 59.8 Å². The molecule has 1 fully saturated rings. The van der Waals surface area contributed by atoms with Crippen LogP contribution in [0.4, 0.5) is 15.8 Å². The minimum Gasteiger partial charge on any atom is -0.492 e. The molecule has 2 amide bonds. The predicted octanol–water partition coefficient (Wildman–Crippen LogP) is 2.95. The molecule has 1 atom stereocenters. The lowest BCUT2D eigenvalue weighted by molar-refractivity contribution is -0.119. The van der Waals surface area contributed by atoms with E-state index in [0.29, 0.717) is 47.1 Å². The Morgan fingerprint density at radius 2 is 2.00 bits per heavy atom. The Morgan fingerprint density at radius 3 is 2.79 bits per heavy atom. The maximum atomic E-state index is 14.5. The van der Waals surface area contributed by atoms with E-state index in [1.54, 1.807) is 24.5 Å². The molecule has 0 saturated carbocycles. The Bertz CT molecular complexity index is 1470. The van der Waals surface area contributed by atoms with Crippen LogP contribution in [0, 0.1) is 5.82 Å². The van der Waals surface area contributed by atoms with Crippen LogP contribution in [0.1, 0.15) is 22.5 Å². The van der Waals surface area contributed by atoms with Crippen LogP contribution in [0.15, 0.2) is 42.7 Å². The quantitative estimate of drug-likeness (QED) is 0.320. The number of aromatic amines is 2. The second-order valence-electron chi connectivity index (χ2n) is 8.59. The zero-order valence-electron chi connectivity index (χ0n) is 18.2. The van der Waals surface area contributed by atoms with Crippen LogP contribution < -0.4 is 20.7 Å². The lowest BCUT2D eigenvalue weighted by Gasteiger charge is -2.32. The van der Waals surface area contributed by atoms with Gasteiger partial charge in [0.2, 0.25) is 5.91 Å². The highest BCUT2D eigenvalue weighted by atomic mass is 19.1. The highest BCUT2D eigenvalue weighted by Crippen LogP contribution is 2.46. The topological polar surface area (TPSA) is 124 Å². The molecule has 172 valence electrons. The number of hydrogen-bond acceptors (Lipinski definition) is 5. The summed E-state index contributed by atoms with van der Waals surface area (Å²) in [7, 11) is 1.39. The summed E-state index contributed by atoms with van der Waals surface area (Å²) in [5.74, 6) is -0.841. The Balaban J connectivity index is 1.62. The number of rotatable bonds is 4. The first kappa shape index (κ1) is 20.3. The van der Waals surface area contributed by atoms with E-state index in [1.807, 2.05) is 12.1 Å². The number of H-pyrrole nitrogens is 2. The number of nitrogens with one attached hydrogen (secondary N) is 5. The van der Waals surface area contributed by atoms with Gasteiger partial charge in [0, 0.05) is 48.5 Å². The van der Waals surface area contributed by atoms with Gasteiger partial charge in [-0.2, -0.15) is 0 Å². The number of carbonyl (C=O) groups is 2. The number of nitrogens with zero attached hydrogens (tertiary/aromatic N) is 1. The minimum atomic E-state index is -0.606. The number of hydrogen-bond donors (Lipinski definition) is 5. The number of anilines is 2. The molecule has 5 N–H and O–H groups in total. The summed E-state index contributed by atoms with van der Waals surface area (Å²) in [6.45, 7) is 0.730. The molecule has 5 heterocycles. The molecular weight excluding hydrogens is 439 g/mol. The number of pyridine rings is 1. The summed E-state index contributed by atoms with van der Waals surface area (Å²) in [6, 6.07) is 8.31. The smallest absolute Gasteiger partial charge is 0.255 e. The van der Waals surface area contributed by atoms with Gasteiger partial charge in [0.05, 0.1) is 35.2 Å². The highest BCUT2D eigenvalue weighted by molar-refractivity contribution is 6.09. The normalized spacial score (nSPS) is 19.2. The second-order valence-corrected chi connectivity index (χ2v) is 8.59. The summed E-state index contributed by atoms with van der Waals surface area (Å²) < 4.78 is 19.7. The van der Waals surface area contributed by atoms with E-state index in [1.165, 1.54) is 13.2 Å². The molecule has 1 unspecified atom stereocenters. The number of methoxy groups -OCH3 is 1. The van der Waals surface area contributed by atoms with Crippen molar-refractivity contribution in [2.75, 3.05) is 25.5 Å². The van der Waals surface area contributed by atoms with Crippen LogP contribution in [0.2, 0.25) is 0 Å². The van der Waals surface area contributed by atoms with Crippen molar-refractivity contribution in [1.29, 1.82) is 0 Å². The van der Waals surface area contributed by atoms with Gasteiger partial charge in [-0.25, -0.2) is 9.37 Å². The molecule has 1 spiro atoms. The van der Waals surface area contributed by atoms with Crippen LogP contribution in [0.25, 0.3) is 22.3 Å². The van der Waals surface area contributed by atoms with E-state index >= 15 is 0 Å². The van der Waals surface area contributed by atoms with Crippen molar-refractivity contribution < 1.29 is 18.7 Å². The Hall–Kier alpha value is -4.34. The predicted molar refractivity (Wildman–Crippen MR) is 124 cm³/mol. The van der Waals surface area contributed by atoms with Crippen molar-refractivity contribution in [3.63, 3.8) is 0 Å². The van der Waals surface area contributed by atoms with Crippen molar-refractivity contribution >= 4 is 34.2 Å². The molecule has 2 aliphatic heterocycles. The lowest BCUT2D eigenvalue weighted by Crippen LogP contribution is -2.48. The van der Waals surface area contributed by atoms with Gasteiger partial charge >= 0.3 is 0 Å².